The van der Waals surface area contributed by atoms with Gasteiger partial charge in [0.25, 0.3) is 0 Å². The van der Waals surface area contributed by atoms with Crippen LogP contribution < -0.4 is 11.1 Å². The first-order valence-electron chi connectivity index (χ1n) is 5.39. The molecule has 1 amide bonds. The normalized spacial score (nSPS) is 13.8. The Morgan fingerprint density at radius 3 is 2.29 bits per heavy atom. The second kappa shape index (κ2) is 7.61. The number of carbonyl (C=O) groups excluding carboxylic acids is 1. The van der Waals surface area contributed by atoms with Crippen LogP contribution in [0.15, 0.2) is 0 Å². The van der Waals surface area contributed by atoms with Crippen molar-refractivity contribution in [3.05, 3.63) is 0 Å². The molecule has 0 radical (unpaired) electrons. The maximum absolute atomic E-state index is 11.4. The van der Waals surface area contributed by atoms with Gasteiger partial charge in [-0.1, -0.05) is 6.92 Å². The average Bonchev–Trinajstić information content (AvgIpc) is 2.25. The quantitative estimate of drug-likeness (QED) is 0.459. The smallest absolute Gasteiger partial charge is 0.326 e. The van der Waals surface area contributed by atoms with E-state index in [1.807, 2.05) is 0 Å². The number of nitrogens with two attached hydrogens (primary N) is 1. The number of hydrogen-bond donors (Lipinski definition) is 4. The summed E-state index contributed by atoms with van der Waals surface area (Å²) in [6.07, 6.45) is 0.546. The number of hydrogen-bond acceptors (Lipinski definition) is 4. The van der Waals surface area contributed by atoms with Gasteiger partial charge in [0.2, 0.25) is 5.91 Å². The summed E-state index contributed by atoms with van der Waals surface area (Å²) >= 11 is 0. The van der Waals surface area contributed by atoms with Crippen molar-refractivity contribution in [1.82, 2.24) is 5.32 Å². The van der Waals surface area contributed by atoms with Gasteiger partial charge in [-0.25, -0.2) is 4.79 Å². The Kier molecular flexibility index (Phi) is 6.88. The highest BCUT2D eigenvalue weighted by atomic mass is 16.4. The average molecular weight is 246 g/mol. The zero-order chi connectivity index (χ0) is 13.4. The second-order valence-electron chi connectivity index (χ2n) is 3.70. The molecule has 0 spiro atoms. The maximum atomic E-state index is 11.4. The summed E-state index contributed by atoms with van der Waals surface area (Å²) in [6, 6.07) is -1.82. The lowest BCUT2D eigenvalue weighted by Crippen LogP contribution is -2.48. The molecule has 7 heteroatoms. The minimum absolute atomic E-state index is 0.0732. The molecular weight excluding hydrogens is 228 g/mol. The molecule has 0 unspecified atom stereocenters. The molecule has 0 saturated carbocycles. The van der Waals surface area contributed by atoms with Crippen LogP contribution in [0.3, 0.4) is 0 Å². The van der Waals surface area contributed by atoms with Crippen LogP contribution in [0, 0.1) is 0 Å². The van der Waals surface area contributed by atoms with Gasteiger partial charge in [0.05, 0.1) is 6.04 Å². The highest BCUT2D eigenvalue weighted by molar-refractivity contribution is 5.86. The number of aliphatic carboxylic acids is 2. The summed E-state index contributed by atoms with van der Waals surface area (Å²) in [7, 11) is 0. The van der Waals surface area contributed by atoms with Crippen LogP contribution in [0.25, 0.3) is 0 Å². The fourth-order valence-corrected chi connectivity index (χ4v) is 1.18. The van der Waals surface area contributed by atoms with Crippen molar-refractivity contribution < 1.29 is 24.6 Å². The van der Waals surface area contributed by atoms with Crippen molar-refractivity contribution in [3.63, 3.8) is 0 Å². The van der Waals surface area contributed by atoms with Crippen LogP contribution in [-0.4, -0.2) is 40.1 Å². The van der Waals surface area contributed by atoms with Gasteiger partial charge < -0.3 is 21.3 Å². The minimum atomic E-state index is -1.19. The van der Waals surface area contributed by atoms with E-state index in [0.29, 0.717) is 6.42 Å². The number of carboxylic acids is 2. The molecule has 0 heterocycles. The van der Waals surface area contributed by atoms with Crippen LogP contribution in [-0.2, 0) is 14.4 Å². The Hall–Kier alpha value is -1.63. The van der Waals surface area contributed by atoms with E-state index < -0.39 is 29.9 Å². The first-order valence-corrected chi connectivity index (χ1v) is 5.39. The first kappa shape index (κ1) is 15.4. The molecule has 5 N–H and O–H groups in total. The van der Waals surface area contributed by atoms with Gasteiger partial charge >= 0.3 is 11.9 Å². The molecule has 0 fully saturated rings. The standard InChI is InChI=1S/C10H18N2O5/c1-2-6(11)9(15)12-7(10(16)17)4-3-5-8(13)14/h6-7H,2-5,11H2,1H3,(H,12,15)(H,13,14)(H,16,17)/t6-,7+/m0/s1. The van der Waals surface area contributed by atoms with Crippen molar-refractivity contribution in [3.8, 4) is 0 Å². The maximum Gasteiger partial charge on any atom is 0.326 e. The highest BCUT2D eigenvalue weighted by Crippen LogP contribution is 2.02. The largest absolute Gasteiger partial charge is 0.481 e. The van der Waals surface area contributed by atoms with E-state index in [2.05, 4.69) is 5.32 Å². The van der Waals surface area contributed by atoms with Crippen molar-refractivity contribution in [2.75, 3.05) is 0 Å². The minimum Gasteiger partial charge on any atom is -0.481 e. The Morgan fingerprint density at radius 2 is 1.88 bits per heavy atom. The zero-order valence-electron chi connectivity index (χ0n) is 9.68. The number of carbonyl (C=O) groups is 3. The summed E-state index contributed by atoms with van der Waals surface area (Å²) in [5, 5.41) is 19.5. The van der Waals surface area contributed by atoms with Crippen LogP contribution in [0.5, 0.6) is 0 Å². The van der Waals surface area contributed by atoms with E-state index in [1.165, 1.54) is 0 Å². The summed E-state index contributed by atoms with van der Waals surface area (Å²) in [4.78, 5) is 32.5. The van der Waals surface area contributed by atoms with Crippen LogP contribution in [0.2, 0.25) is 0 Å². The van der Waals surface area contributed by atoms with Gasteiger partial charge in [0, 0.05) is 6.42 Å². The summed E-state index contributed by atoms with van der Waals surface area (Å²) in [5.74, 6) is -2.71. The van der Waals surface area contributed by atoms with Gasteiger partial charge in [0.15, 0.2) is 0 Å². The molecule has 0 aliphatic heterocycles. The van der Waals surface area contributed by atoms with Gasteiger partial charge in [0.1, 0.15) is 6.04 Å². The monoisotopic (exact) mass is 246 g/mol. The Labute approximate surface area is 99.0 Å². The fraction of sp³-hybridized carbons (Fsp3) is 0.700. The van der Waals surface area contributed by atoms with E-state index in [9.17, 15) is 14.4 Å². The van der Waals surface area contributed by atoms with Crippen molar-refractivity contribution in [1.29, 1.82) is 0 Å². The Balaban J connectivity index is 4.20. The third-order valence-electron chi connectivity index (χ3n) is 2.27. The van der Waals surface area contributed by atoms with E-state index in [1.54, 1.807) is 6.92 Å². The van der Waals surface area contributed by atoms with E-state index in [4.69, 9.17) is 15.9 Å². The van der Waals surface area contributed by atoms with Gasteiger partial charge in [-0.15, -0.1) is 0 Å². The Morgan fingerprint density at radius 1 is 1.29 bits per heavy atom. The fourth-order valence-electron chi connectivity index (χ4n) is 1.18. The van der Waals surface area contributed by atoms with E-state index >= 15 is 0 Å². The number of carboxylic acid groups (broad SMARTS) is 2. The summed E-state index contributed by atoms with van der Waals surface area (Å²) in [5.41, 5.74) is 5.44. The molecule has 0 bridgehead atoms. The van der Waals surface area contributed by atoms with Crippen molar-refractivity contribution in [2.24, 2.45) is 5.73 Å². The van der Waals surface area contributed by atoms with Crippen molar-refractivity contribution >= 4 is 17.8 Å². The molecule has 0 aromatic heterocycles. The number of amides is 1. The Bertz CT molecular complexity index is 292. The van der Waals surface area contributed by atoms with Crippen LogP contribution >= 0.6 is 0 Å². The zero-order valence-corrected chi connectivity index (χ0v) is 9.68. The predicted octanol–water partition coefficient (Wildman–Crippen LogP) is -0.452. The second-order valence-corrected chi connectivity index (χ2v) is 3.70. The highest BCUT2D eigenvalue weighted by Gasteiger charge is 2.22. The first-order chi connectivity index (χ1) is 7.88. The lowest BCUT2D eigenvalue weighted by molar-refractivity contribution is -0.143. The SMILES string of the molecule is CC[C@H](N)C(=O)N[C@H](CCCC(=O)O)C(=O)O. The lowest BCUT2D eigenvalue weighted by atomic mass is 10.1. The molecular formula is C10H18N2O5. The van der Waals surface area contributed by atoms with Gasteiger partial charge in [-0.05, 0) is 19.3 Å². The predicted molar refractivity (Wildman–Crippen MR) is 59.3 cm³/mol. The molecule has 0 aromatic rings. The molecule has 0 aliphatic carbocycles. The van der Waals surface area contributed by atoms with Crippen molar-refractivity contribution in [2.45, 2.75) is 44.7 Å². The molecule has 2 atom stereocenters. The van der Waals surface area contributed by atoms with E-state index in [-0.39, 0.29) is 19.3 Å². The van der Waals surface area contributed by atoms with E-state index in [0.717, 1.165) is 0 Å². The summed E-state index contributed by atoms with van der Waals surface area (Å²) in [6.45, 7) is 1.71. The van der Waals surface area contributed by atoms with Crippen LogP contribution in [0.4, 0.5) is 0 Å². The van der Waals surface area contributed by atoms with Gasteiger partial charge in [-0.3, -0.25) is 9.59 Å². The van der Waals surface area contributed by atoms with Crippen LogP contribution in [0.1, 0.15) is 32.6 Å². The van der Waals surface area contributed by atoms with Gasteiger partial charge in [-0.2, -0.15) is 0 Å². The molecule has 0 saturated heterocycles. The molecule has 0 aromatic carbocycles. The lowest BCUT2D eigenvalue weighted by Gasteiger charge is -2.16. The summed E-state index contributed by atoms with van der Waals surface area (Å²) < 4.78 is 0. The third kappa shape index (κ3) is 6.52. The number of nitrogens with one attached hydrogen (secondary N) is 1. The molecule has 7 nitrogen and oxygen atoms in total. The molecule has 17 heavy (non-hydrogen) atoms. The topological polar surface area (TPSA) is 130 Å². The molecule has 0 aliphatic rings. The number of rotatable bonds is 8. The third-order valence-corrected chi connectivity index (χ3v) is 2.27. The molecule has 98 valence electrons. The molecule has 0 rings (SSSR count).